The molecule has 0 aliphatic heterocycles. The molecule has 1 unspecified atom stereocenters. The van der Waals surface area contributed by atoms with Crippen molar-refractivity contribution in [1.29, 1.82) is 0 Å². The Morgan fingerprint density at radius 2 is 2.00 bits per heavy atom. The van der Waals surface area contributed by atoms with Gasteiger partial charge in [0.2, 0.25) is 5.78 Å². The molecule has 0 amide bonds. The van der Waals surface area contributed by atoms with Gasteiger partial charge in [-0.1, -0.05) is 35.9 Å². The first-order valence-electron chi connectivity index (χ1n) is 4.31. The van der Waals surface area contributed by atoms with Gasteiger partial charge in [0.25, 0.3) is 0 Å². The minimum atomic E-state index is -0.446. The number of benzene rings is 1. The topological polar surface area (TPSA) is 37.3 Å². The summed E-state index contributed by atoms with van der Waals surface area (Å²) in [7, 11) is 0. The van der Waals surface area contributed by atoms with Crippen LogP contribution in [0.4, 0.5) is 0 Å². The van der Waals surface area contributed by atoms with Crippen LogP contribution in [0.3, 0.4) is 0 Å². The Balaban J connectivity index is 2.45. The monoisotopic (exact) mass is 208 g/mol. The second-order valence-electron chi connectivity index (χ2n) is 3.35. The number of hydrogen-bond donors (Lipinski definition) is 1. The first-order chi connectivity index (χ1) is 6.63. The molecule has 0 saturated heterocycles. The third-order valence-corrected chi connectivity index (χ3v) is 2.87. The quantitative estimate of drug-likeness (QED) is 0.771. The van der Waals surface area contributed by atoms with E-state index in [1.54, 1.807) is 0 Å². The van der Waals surface area contributed by atoms with Gasteiger partial charge in [-0.3, -0.25) is 4.79 Å². The van der Waals surface area contributed by atoms with Crippen molar-refractivity contribution in [3.8, 4) is 0 Å². The van der Waals surface area contributed by atoms with Crippen LogP contribution in [-0.2, 0) is 4.79 Å². The van der Waals surface area contributed by atoms with E-state index >= 15 is 0 Å². The Morgan fingerprint density at radius 1 is 1.36 bits per heavy atom. The number of aryl methyl sites for hydroxylation is 1. The van der Waals surface area contributed by atoms with Gasteiger partial charge in [0, 0.05) is 0 Å². The van der Waals surface area contributed by atoms with Gasteiger partial charge < -0.3 is 5.11 Å². The summed E-state index contributed by atoms with van der Waals surface area (Å²) in [5.41, 5.74) is 1.89. The molecule has 3 heteroatoms. The Bertz CT molecular complexity index is 435. The van der Waals surface area contributed by atoms with Crippen LogP contribution in [-0.4, -0.2) is 10.9 Å². The van der Waals surface area contributed by atoms with Crippen LogP contribution >= 0.6 is 11.6 Å². The lowest BCUT2D eigenvalue weighted by atomic mass is 9.82. The number of hydrogen-bond acceptors (Lipinski definition) is 2. The van der Waals surface area contributed by atoms with Crippen molar-refractivity contribution in [3.05, 3.63) is 46.2 Å². The molecule has 2 rings (SSSR count). The van der Waals surface area contributed by atoms with E-state index in [0.29, 0.717) is 0 Å². The molecule has 2 nitrogen and oxygen atoms in total. The number of aliphatic hydroxyl groups excluding tert-OH is 1. The number of Topliss-reactive ketones (excluding diaryl/α,β-unsaturated/α-hetero) is 1. The molecule has 1 atom stereocenters. The van der Waals surface area contributed by atoms with Crippen LogP contribution in [0.25, 0.3) is 0 Å². The molecule has 1 aromatic rings. The van der Waals surface area contributed by atoms with Gasteiger partial charge in [0.15, 0.2) is 5.76 Å². The van der Waals surface area contributed by atoms with E-state index in [1.807, 2.05) is 31.2 Å². The van der Waals surface area contributed by atoms with Crippen molar-refractivity contribution < 1.29 is 9.90 Å². The molecular weight excluding hydrogens is 200 g/mol. The minimum absolute atomic E-state index is 0.254. The average molecular weight is 209 g/mol. The predicted molar refractivity (Wildman–Crippen MR) is 54.4 cm³/mol. The molecular formula is C11H9ClO2. The van der Waals surface area contributed by atoms with Gasteiger partial charge in [0.1, 0.15) is 0 Å². The second kappa shape index (κ2) is 3.14. The molecule has 1 aliphatic carbocycles. The van der Waals surface area contributed by atoms with Crippen LogP contribution in [0.1, 0.15) is 17.0 Å². The van der Waals surface area contributed by atoms with E-state index < -0.39 is 5.92 Å². The van der Waals surface area contributed by atoms with Gasteiger partial charge in [-0.15, -0.1) is 0 Å². The minimum Gasteiger partial charge on any atom is -0.504 e. The number of carbonyl (C=O) groups is 1. The van der Waals surface area contributed by atoms with Crippen LogP contribution in [0.5, 0.6) is 0 Å². The van der Waals surface area contributed by atoms with E-state index in [1.165, 1.54) is 0 Å². The van der Waals surface area contributed by atoms with Gasteiger partial charge in [-0.2, -0.15) is 0 Å². The Labute approximate surface area is 86.8 Å². The zero-order valence-electron chi connectivity index (χ0n) is 7.62. The van der Waals surface area contributed by atoms with E-state index in [-0.39, 0.29) is 16.6 Å². The standard InChI is InChI=1S/C11H9ClO2/c1-6-4-2-3-5-7(6)8-9(12)11(14)10(8)13/h2-5,8,14H,1H3. The van der Waals surface area contributed by atoms with Crippen LogP contribution in [0.15, 0.2) is 35.1 Å². The van der Waals surface area contributed by atoms with Crippen molar-refractivity contribution in [2.24, 2.45) is 0 Å². The van der Waals surface area contributed by atoms with E-state index in [0.717, 1.165) is 11.1 Å². The SMILES string of the molecule is Cc1ccccc1C1C(=O)C(O)=C1Cl. The van der Waals surface area contributed by atoms with Crippen molar-refractivity contribution in [3.63, 3.8) is 0 Å². The normalized spacial score (nSPS) is 21.0. The fraction of sp³-hybridized carbons (Fsp3) is 0.182. The first-order valence-corrected chi connectivity index (χ1v) is 4.69. The zero-order chi connectivity index (χ0) is 10.3. The summed E-state index contributed by atoms with van der Waals surface area (Å²) < 4.78 is 0. The predicted octanol–water partition coefficient (Wildman–Crippen LogP) is 2.67. The molecule has 0 radical (unpaired) electrons. The van der Waals surface area contributed by atoms with E-state index in [9.17, 15) is 4.79 Å². The van der Waals surface area contributed by atoms with E-state index in [4.69, 9.17) is 16.7 Å². The maximum absolute atomic E-state index is 11.3. The third-order valence-electron chi connectivity index (χ3n) is 2.47. The number of rotatable bonds is 1. The van der Waals surface area contributed by atoms with Gasteiger partial charge in [-0.05, 0) is 18.1 Å². The lowest BCUT2D eigenvalue weighted by molar-refractivity contribution is -0.120. The molecule has 1 aromatic carbocycles. The zero-order valence-corrected chi connectivity index (χ0v) is 8.38. The average Bonchev–Trinajstić information content (AvgIpc) is 2.21. The molecule has 0 bridgehead atoms. The number of allylic oxidation sites excluding steroid dienone is 2. The highest BCUT2D eigenvalue weighted by Gasteiger charge is 2.40. The van der Waals surface area contributed by atoms with Gasteiger partial charge >= 0.3 is 0 Å². The number of ketones is 1. The Morgan fingerprint density at radius 3 is 2.57 bits per heavy atom. The summed E-state index contributed by atoms with van der Waals surface area (Å²) >= 11 is 5.78. The highest BCUT2D eigenvalue weighted by atomic mass is 35.5. The van der Waals surface area contributed by atoms with Crippen LogP contribution < -0.4 is 0 Å². The summed E-state index contributed by atoms with van der Waals surface area (Å²) in [6.07, 6.45) is 0. The summed E-state index contributed by atoms with van der Waals surface area (Å²) in [5, 5.41) is 9.36. The first kappa shape index (κ1) is 9.28. The molecule has 0 fully saturated rings. The summed E-state index contributed by atoms with van der Waals surface area (Å²) in [6.45, 7) is 1.92. The molecule has 0 spiro atoms. The Kier molecular flexibility index (Phi) is 2.08. The summed E-state index contributed by atoms with van der Waals surface area (Å²) in [5.74, 6) is -1.03. The molecule has 0 aromatic heterocycles. The maximum Gasteiger partial charge on any atom is 0.211 e. The fourth-order valence-corrected chi connectivity index (χ4v) is 1.93. The van der Waals surface area contributed by atoms with Gasteiger partial charge in [0.05, 0.1) is 11.0 Å². The fourth-order valence-electron chi connectivity index (χ4n) is 1.62. The molecule has 0 heterocycles. The Hall–Kier alpha value is -1.28. The van der Waals surface area contributed by atoms with Crippen LogP contribution in [0, 0.1) is 6.92 Å². The second-order valence-corrected chi connectivity index (χ2v) is 3.76. The van der Waals surface area contributed by atoms with Crippen molar-refractivity contribution in [1.82, 2.24) is 0 Å². The lowest BCUT2D eigenvalue weighted by Gasteiger charge is -2.25. The van der Waals surface area contributed by atoms with Crippen molar-refractivity contribution in [2.75, 3.05) is 0 Å². The molecule has 14 heavy (non-hydrogen) atoms. The maximum atomic E-state index is 11.3. The van der Waals surface area contributed by atoms with Crippen molar-refractivity contribution >= 4 is 17.4 Å². The number of halogens is 1. The highest BCUT2D eigenvalue weighted by molar-refractivity contribution is 6.38. The van der Waals surface area contributed by atoms with Crippen molar-refractivity contribution in [2.45, 2.75) is 12.8 Å². The largest absolute Gasteiger partial charge is 0.504 e. The lowest BCUT2D eigenvalue weighted by Crippen LogP contribution is -2.27. The number of carbonyl (C=O) groups excluding carboxylic acids is 1. The molecule has 1 aliphatic rings. The van der Waals surface area contributed by atoms with E-state index in [2.05, 4.69) is 0 Å². The van der Waals surface area contributed by atoms with Gasteiger partial charge in [-0.25, -0.2) is 0 Å². The van der Waals surface area contributed by atoms with Crippen LogP contribution in [0.2, 0.25) is 0 Å². The molecule has 0 saturated carbocycles. The molecule has 1 N–H and O–H groups in total. The third kappa shape index (κ3) is 1.15. The smallest absolute Gasteiger partial charge is 0.211 e. The molecule has 72 valence electrons. The highest BCUT2D eigenvalue weighted by Crippen LogP contribution is 2.41. The number of aliphatic hydroxyl groups is 1. The summed E-state index contributed by atoms with van der Waals surface area (Å²) in [4.78, 5) is 11.3. The summed E-state index contributed by atoms with van der Waals surface area (Å²) in [6, 6.07) is 7.53.